The highest BCUT2D eigenvalue weighted by Gasteiger charge is 2.36. The third-order valence-electron chi connectivity index (χ3n) is 15.9. The van der Waals surface area contributed by atoms with Gasteiger partial charge in [-0.25, -0.2) is 0 Å². The minimum Gasteiger partial charge on any atom is -0.311 e. The fourth-order valence-corrected chi connectivity index (χ4v) is 12.8. The van der Waals surface area contributed by atoms with Gasteiger partial charge in [0.15, 0.2) is 0 Å². The number of fused-ring (bicyclic) bond motifs is 10. The van der Waals surface area contributed by atoms with E-state index in [4.69, 9.17) is 11.6 Å². The largest absolute Gasteiger partial charge is 0.311 e. The summed E-state index contributed by atoms with van der Waals surface area (Å²) in [6.07, 6.45) is 1.03. The third-order valence-corrected chi connectivity index (χ3v) is 16.2. The monoisotopic (exact) mass is 1030 g/mol. The van der Waals surface area contributed by atoms with Gasteiger partial charge in [-0.2, -0.15) is 0 Å². The normalized spacial score (nSPS) is 11.9. The van der Waals surface area contributed by atoms with Crippen LogP contribution in [0, 0.1) is 0 Å². The lowest BCUT2D eigenvalue weighted by atomic mass is 9.35. The molecular formula is C73H52B2ClN3. The summed E-state index contributed by atoms with van der Waals surface area (Å²) < 4.78 is 4.89. The summed E-state index contributed by atoms with van der Waals surface area (Å²) in [7, 11) is 0. The van der Waals surface area contributed by atoms with Gasteiger partial charge in [-0.1, -0.05) is 260 Å². The molecule has 79 heavy (non-hydrogen) atoms. The zero-order chi connectivity index (χ0) is 52.7. The van der Waals surface area contributed by atoms with Crippen LogP contribution in [0.5, 0.6) is 0 Å². The van der Waals surface area contributed by atoms with Crippen LogP contribution in [-0.2, 0) is 6.42 Å². The molecule has 14 aromatic rings. The third kappa shape index (κ3) is 8.51. The van der Waals surface area contributed by atoms with Crippen molar-refractivity contribution in [3.8, 4) is 11.4 Å². The summed E-state index contributed by atoms with van der Waals surface area (Å²) in [5.41, 5.74) is 21.6. The van der Waals surface area contributed by atoms with Gasteiger partial charge < -0.3 is 14.0 Å². The number of rotatable bonds is 7. The first kappa shape index (κ1) is 47.9. The van der Waals surface area contributed by atoms with E-state index in [0.717, 1.165) is 28.3 Å². The topological polar surface area (TPSA) is 13.1 Å². The first-order chi connectivity index (χ1) is 39.2. The average molecular weight is 1030 g/mol. The van der Waals surface area contributed by atoms with Crippen molar-refractivity contribution >= 4 is 118 Å². The van der Waals surface area contributed by atoms with Gasteiger partial charge in [0, 0.05) is 66.0 Å². The van der Waals surface area contributed by atoms with Gasteiger partial charge in [-0.15, -0.1) is 0 Å². The van der Waals surface area contributed by atoms with Crippen molar-refractivity contribution < 1.29 is 0 Å². The highest BCUT2D eigenvalue weighted by atomic mass is 35.5. The molecule has 0 N–H and O–H groups in total. The molecular weight excluding hydrogens is 976 g/mol. The Balaban J connectivity index is 0.000000121. The summed E-state index contributed by atoms with van der Waals surface area (Å²) in [5.74, 6) is 0. The lowest BCUT2D eigenvalue weighted by molar-refractivity contribution is 1.19. The molecule has 12 aromatic carbocycles. The predicted octanol–water partition coefficient (Wildman–Crippen LogP) is 14.6. The Labute approximate surface area is 467 Å². The van der Waals surface area contributed by atoms with E-state index in [2.05, 4.69) is 305 Å². The van der Waals surface area contributed by atoms with Crippen molar-refractivity contribution in [3.63, 3.8) is 0 Å². The van der Waals surface area contributed by atoms with E-state index in [1.165, 1.54) is 99.1 Å². The summed E-state index contributed by atoms with van der Waals surface area (Å²) in [6, 6.07) is 108. The molecule has 0 fully saturated rings. The number of anilines is 3. The summed E-state index contributed by atoms with van der Waals surface area (Å²) in [5, 5.41) is 6.02. The Morgan fingerprint density at radius 2 is 0.646 bits per heavy atom. The Hall–Kier alpha value is -9.54. The second kappa shape index (κ2) is 20.8. The Morgan fingerprint density at radius 1 is 0.291 bits per heavy atom. The Bertz CT molecular complexity index is 4420. The van der Waals surface area contributed by atoms with Gasteiger partial charge in [-0.3, -0.25) is 0 Å². The van der Waals surface area contributed by atoms with Crippen LogP contribution in [0.15, 0.2) is 303 Å². The quantitative estimate of drug-likeness (QED) is 0.145. The van der Waals surface area contributed by atoms with Crippen molar-refractivity contribution in [2.75, 3.05) is 4.90 Å². The molecule has 0 amide bonds. The average Bonchev–Trinajstić information content (AvgIpc) is 3.17. The maximum Gasteiger partial charge on any atom is 0.249 e. The van der Waals surface area contributed by atoms with Crippen LogP contribution in [0.1, 0.15) is 11.1 Å². The molecule has 6 heteroatoms. The minimum atomic E-state index is 0.0906. The lowest BCUT2D eigenvalue weighted by Crippen LogP contribution is -2.56. The molecule has 0 unspecified atom stereocenters. The van der Waals surface area contributed by atoms with Gasteiger partial charge in [-0.05, 0) is 106 Å². The van der Waals surface area contributed by atoms with Crippen molar-refractivity contribution in [2.24, 2.45) is 0 Å². The van der Waals surface area contributed by atoms with Gasteiger partial charge in [0.25, 0.3) is 0 Å². The molecule has 2 aliphatic heterocycles. The van der Waals surface area contributed by atoms with E-state index in [0.29, 0.717) is 0 Å². The van der Waals surface area contributed by atoms with Gasteiger partial charge >= 0.3 is 0 Å². The second-order valence-electron chi connectivity index (χ2n) is 20.4. The Kier molecular flexibility index (Phi) is 12.6. The zero-order valence-electron chi connectivity index (χ0n) is 43.4. The van der Waals surface area contributed by atoms with Crippen LogP contribution in [-0.4, -0.2) is 22.6 Å². The maximum absolute atomic E-state index is 6.66. The Morgan fingerprint density at radius 3 is 1.14 bits per heavy atom. The van der Waals surface area contributed by atoms with Crippen molar-refractivity contribution in [1.29, 1.82) is 0 Å². The van der Waals surface area contributed by atoms with E-state index in [9.17, 15) is 0 Å². The number of benzene rings is 12. The lowest BCUT2D eigenvalue weighted by Gasteiger charge is -2.32. The zero-order valence-corrected chi connectivity index (χ0v) is 44.2. The molecule has 0 atom stereocenters. The second-order valence-corrected chi connectivity index (χ2v) is 20.8. The first-order valence-corrected chi connectivity index (χ1v) is 27.6. The number of para-hydroxylation sites is 9. The van der Waals surface area contributed by atoms with Crippen molar-refractivity contribution in [2.45, 2.75) is 6.42 Å². The van der Waals surface area contributed by atoms with E-state index < -0.39 is 0 Å². The van der Waals surface area contributed by atoms with Crippen LogP contribution in [0.2, 0.25) is 5.02 Å². The molecule has 0 radical (unpaired) electrons. The molecule has 0 aliphatic carbocycles. The SMILES string of the molecule is Clc1ccccc1B1c2ccccc2-n2c3ccccc3c3cccc1c32.c1ccc(Cc2ccccc2)cc1.c1ccc(N(c2ccccc2)c2ccccc2B2c3ccccc3-n3c4ccccc4c4cccc2c43)cc1. The number of halogens is 1. The van der Waals surface area contributed by atoms with Crippen LogP contribution in [0.3, 0.4) is 0 Å². The molecule has 2 aliphatic rings. The predicted molar refractivity (Wildman–Crippen MR) is 339 cm³/mol. The fourth-order valence-electron chi connectivity index (χ4n) is 12.6. The minimum absolute atomic E-state index is 0.0906. The van der Waals surface area contributed by atoms with E-state index in [-0.39, 0.29) is 13.4 Å². The van der Waals surface area contributed by atoms with Gasteiger partial charge in [0.2, 0.25) is 13.4 Å². The standard InChI is InChI=1S/C36H25BN2.C24H15BClN.C13H12/c1-3-14-26(15-4-1)38(27-16-5-2-6-17-27)34-24-11-8-20-30(34)37-31-21-9-12-25-35(31)39-33-23-10-7-18-28(33)29-19-13-22-32(37)36(29)39;26-21-13-4-2-10-18(21)25-19-11-3-6-15-23(19)27-22-14-5-1-8-16(22)17-9-7-12-20(25)24(17)27;1-3-7-12(8-4-1)11-13-9-5-2-6-10-13/h1-25H;1-15H;1-10H,11H2. The molecule has 2 aromatic heterocycles. The van der Waals surface area contributed by atoms with E-state index >= 15 is 0 Å². The summed E-state index contributed by atoms with van der Waals surface area (Å²) in [6.45, 7) is 0.225. The van der Waals surface area contributed by atoms with E-state index in [1.807, 2.05) is 12.1 Å². The number of nitrogens with zero attached hydrogens (tertiary/aromatic N) is 3. The molecule has 0 saturated heterocycles. The molecule has 0 saturated carbocycles. The van der Waals surface area contributed by atoms with Crippen LogP contribution in [0.4, 0.5) is 17.1 Å². The molecule has 0 spiro atoms. The first-order valence-electron chi connectivity index (χ1n) is 27.2. The highest BCUT2D eigenvalue weighted by Crippen LogP contribution is 2.37. The molecule has 4 heterocycles. The number of hydrogen-bond donors (Lipinski definition) is 0. The van der Waals surface area contributed by atoms with Crippen LogP contribution in [0.25, 0.3) is 55.0 Å². The van der Waals surface area contributed by atoms with Crippen molar-refractivity contribution in [3.05, 3.63) is 319 Å². The fraction of sp³-hybridized carbons (Fsp3) is 0.0137. The van der Waals surface area contributed by atoms with Crippen LogP contribution >= 0.6 is 11.6 Å². The molecule has 372 valence electrons. The number of hydrogen-bond acceptors (Lipinski definition) is 1. The molecule has 16 rings (SSSR count). The van der Waals surface area contributed by atoms with Gasteiger partial charge in [0.1, 0.15) is 0 Å². The van der Waals surface area contributed by atoms with Crippen LogP contribution < -0.4 is 37.7 Å². The van der Waals surface area contributed by atoms with E-state index in [1.54, 1.807) is 0 Å². The van der Waals surface area contributed by atoms with Crippen molar-refractivity contribution in [1.82, 2.24) is 9.13 Å². The highest BCUT2D eigenvalue weighted by molar-refractivity contribution is 6.99. The summed E-state index contributed by atoms with van der Waals surface area (Å²) in [4.78, 5) is 2.39. The number of aromatic nitrogens is 2. The smallest absolute Gasteiger partial charge is 0.249 e. The summed E-state index contributed by atoms with van der Waals surface area (Å²) >= 11 is 6.66. The maximum atomic E-state index is 6.66. The molecule has 3 nitrogen and oxygen atoms in total. The molecule has 0 bridgehead atoms. The van der Waals surface area contributed by atoms with Gasteiger partial charge in [0.05, 0.1) is 11.0 Å².